The maximum absolute atomic E-state index is 13.5. The summed E-state index contributed by atoms with van der Waals surface area (Å²) in [5, 5.41) is 6.39. The van der Waals surface area contributed by atoms with Gasteiger partial charge >= 0.3 is 6.03 Å². The fraction of sp³-hybridized carbons (Fsp3) is 0.324. The van der Waals surface area contributed by atoms with Gasteiger partial charge in [-0.3, -0.25) is 14.6 Å². The van der Waals surface area contributed by atoms with Crippen molar-refractivity contribution in [1.82, 2.24) is 24.3 Å². The molecule has 0 atom stereocenters. The van der Waals surface area contributed by atoms with E-state index in [1.807, 2.05) is 49.9 Å². The summed E-state index contributed by atoms with van der Waals surface area (Å²) in [6.45, 7) is 3.03. The lowest BCUT2D eigenvalue weighted by Crippen LogP contribution is -2.43. The number of rotatable bonds is 8. The number of piperidine rings is 1. The minimum Gasteiger partial charge on any atom is -0.452 e. The van der Waals surface area contributed by atoms with Crippen molar-refractivity contribution in [2.24, 2.45) is 13.0 Å². The number of aromatic nitrogens is 3. The molecule has 2 aliphatic rings. The van der Waals surface area contributed by atoms with Gasteiger partial charge in [0.2, 0.25) is 11.7 Å². The zero-order chi connectivity index (χ0) is 32.4. The summed E-state index contributed by atoms with van der Waals surface area (Å²) >= 11 is 0. The number of allylic oxidation sites excluding steroid dienone is 1. The Morgan fingerprint density at radius 1 is 1.04 bits per heavy atom. The van der Waals surface area contributed by atoms with E-state index >= 15 is 0 Å². The van der Waals surface area contributed by atoms with E-state index in [-0.39, 0.29) is 23.4 Å². The van der Waals surface area contributed by atoms with E-state index in [0.717, 1.165) is 54.8 Å². The van der Waals surface area contributed by atoms with Crippen LogP contribution in [0.15, 0.2) is 66.9 Å². The van der Waals surface area contributed by atoms with E-state index in [1.54, 1.807) is 55.0 Å². The van der Waals surface area contributed by atoms with E-state index in [1.165, 1.54) is 0 Å². The largest absolute Gasteiger partial charge is 0.452 e. The molecule has 2 N–H and O–H groups in total. The van der Waals surface area contributed by atoms with Gasteiger partial charge in [0.1, 0.15) is 11.4 Å². The number of carbonyl (C=O) groups is 3. The fourth-order valence-electron chi connectivity index (χ4n) is 5.97. The van der Waals surface area contributed by atoms with Crippen molar-refractivity contribution in [3.8, 4) is 5.75 Å². The molecule has 3 amide bonds. The monoisotopic (exact) mass is 622 g/mol. The quantitative estimate of drug-likeness (QED) is 0.276. The highest BCUT2D eigenvalue weighted by Gasteiger charge is 2.31. The van der Waals surface area contributed by atoms with Gasteiger partial charge in [-0.25, -0.2) is 9.78 Å². The van der Waals surface area contributed by atoms with Crippen LogP contribution < -0.4 is 20.3 Å². The van der Waals surface area contributed by atoms with Gasteiger partial charge in [-0.2, -0.15) is 0 Å². The SMILES string of the molecule is CN(C)CCN(C)C(=O)C1CCN(c2ccnc3c2c(/C=C2\Oc4ccc(NC(=O)Nc5cccnc5)cc4C2=O)cn3C)CC1. The van der Waals surface area contributed by atoms with E-state index in [9.17, 15) is 14.4 Å². The van der Waals surface area contributed by atoms with Crippen LogP contribution in [0.3, 0.4) is 0 Å². The number of aryl methyl sites for hydroxylation is 1. The van der Waals surface area contributed by atoms with Crippen LogP contribution in [0.2, 0.25) is 0 Å². The van der Waals surface area contributed by atoms with Gasteiger partial charge in [-0.1, -0.05) is 0 Å². The summed E-state index contributed by atoms with van der Waals surface area (Å²) in [5.74, 6) is 0.554. The number of urea groups is 1. The Bertz CT molecular complexity index is 1810. The molecule has 0 bridgehead atoms. The zero-order valence-corrected chi connectivity index (χ0v) is 26.5. The second-order valence-electron chi connectivity index (χ2n) is 12.0. The Kier molecular flexibility index (Phi) is 8.71. The summed E-state index contributed by atoms with van der Waals surface area (Å²) in [6, 6.07) is 9.98. The summed E-state index contributed by atoms with van der Waals surface area (Å²) in [7, 11) is 7.83. The molecular weight excluding hydrogens is 584 g/mol. The third-order valence-corrected chi connectivity index (χ3v) is 8.44. The Labute approximate surface area is 267 Å². The molecular formula is C34H38N8O4. The van der Waals surface area contributed by atoms with Crippen LogP contribution >= 0.6 is 0 Å². The third kappa shape index (κ3) is 6.43. The molecule has 238 valence electrons. The van der Waals surface area contributed by atoms with Crippen LogP contribution in [0.25, 0.3) is 17.1 Å². The molecule has 0 spiro atoms. The van der Waals surface area contributed by atoms with E-state index in [4.69, 9.17) is 4.74 Å². The van der Waals surface area contributed by atoms with Gasteiger partial charge in [0.15, 0.2) is 5.76 Å². The first kappa shape index (κ1) is 30.8. The highest BCUT2D eigenvalue weighted by molar-refractivity contribution is 6.16. The zero-order valence-electron chi connectivity index (χ0n) is 26.5. The lowest BCUT2D eigenvalue weighted by atomic mass is 9.94. The molecule has 2 aliphatic heterocycles. The number of ether oxygens (including phenoxy) is 1. The number of anilines is 3. The van der Waals surface area contributed by atoms with E-state index < -0.39 is 6.03 Å². The van der Waals surface area contributed by atoms with Crippen molar-refractivity contribution < 1.29 is 19.1 Å². The highest BCUT2D eigenvalue weighted by Crippen LogP contribution is 2.37. The van der Waals surface area contributed by atoms with Crippen LogP contribution in [-0.2, 0) is 11.8 Å². The topological polar surface area (TPSA) is 125 Å². The van der Waals surface area contributed by atoms with Crippen molar-refractivity contribution in [3.05, 3.63) is 78.1 Å². The lowest BCUT2D eigenvalue weighted by Gasteiger charge is -2.35. The lowest BCUT2D eigenvalue weighted by molar-refractivity contribution is -0.134. The Hall–Kier alpha value is -5.23. The van der Waals surface area contributed by atoms with Crippen LogP contribution in [-0.4, -0.2) is 89.4 Å². The maximum Gasteiger partial charge on any atom is 0.323 e. The van der Waals surface area contributed by atoms with Crippen molar-refractivity contribution >= 4 is 51.9 Å². The second-order valence-corrected chi connectivity index (χ2v) is 12.0. The second kappa shape index (κ2) is 13.0. The van der Waals surface area contributed by atoms with Crippen molar-refractivity contribution in [2.45, 2.75) is 12.8 Å². The van der Waals surface area contributed by atoms with Crippen LogP contribution in [0.4, 0.5) is 21.9 Å². The van der Waals surface area contributed by atoms with Crippen LogP contribution in [0, 0.1) is 5.92 Å². The molecule has 5 heterocycles. The van der Waals surface area contributed by atoms with Gasteiger partial charge in [0, 0.05) is 87.1 Å². The van der Waals surface area contributed by atoms with E-state index in [0.29, 0.717) is 29.2 Å². The molecule has 0 radical (unpaired) electrons. The Balaban J connectivity index is 1.18. The number of fused-ring (bicyclic) bond motifs is 2. The number of amides is 3. The van der Waals surface area contributed by atoms with E-state index in [2.05, 4.69) is 30.4 Å². The standard InChI is InChI=1S/C34H38N8O4/c1-39(2)16-17-40(3)33(44)22-10-14-42(15-11-22)27-9-13-36-32-30(27)23(21-41(32)4)18-29-31(43)26-19-24(7-8-28(26)46-29)37-34(45)38-25-6-5-12-35-20-25/h5-9,12-13,18-22H,10-11,14-17H2,1-4H3,(H2,37,38,45)/b29-18-. The van der Waals surface area contributed by atoms with Crippen molar-refractivity contribution in [3.63, 3.8) is 0 Å². The molecule has 1 aromatic carbocycles. The molecule has 0 aliphatic carbocycles. The first-order chi connectivity index (χ1) is 22.2. The average molecular weight is 623 g/mol. The first-order valence-corrected chi connectivity index (χ1v) is 15.3. The van der Waals surface area contributed by atoms with Gasteiger partial charge in [0.25, 0.3) is 0 Å². The number of pyridine rings is 2. The summed E-state index contributed by atoms with van der Waals surface area (Å²) in [5.41, 5.74) is 3.99. The number of hydrogen-bond acceptors (Lipinski definition) is 8. The molecule has 6 rings (SSSR count). The van der Waals surface area contributed by atoms with Gasteiger partial charge in [-0.05, 0) is 69.4 Å². The van der Waals surface area contributed by atoms with Gasteiger partial charge in [-0.15, -0.1) is 0 Å². The molecule has 0 unspecified atom stereocenters. The number of hydrogen-bond donors (Lipinski definition) is 2. The van der Waals surface area contributed by atoms with Gasteiger partial charge in [0.05, 0.1) is 17.4 Å². The fourth-order valence-corrected chi connectivity index (χ4v) is 5.97. The predicted octanol–water partition coefficient (Wildman–Crippen LogP) is 4.46. The third-order valence-electron chi connectivity index (χ3n) is 8.44. The maximum atomic E-state index is 13.5. The number of Topliss-reactive ketones (excluding diaryl/α,β-unsaturated/α-hetero) is 1. The molecule has 1 fully saturated rings. The predicted molar refractivity (Wildman–Crippen MR) is 178 cm³/mol. The smallest absolute Gasteiger partial charge is 0.323 e. The molecule has 12 nitrogen and oxygen atoms in total. The van der Waals surface area contributed by atoms with Crippen LogP contribution in [0.5, 0.6) is 5.75 Å². The minimum atomic E-state index is -0.449. The summed E-state index contributed by atoms with van der Waals surface area (Å²) in [6.07, 6.45) is 10.2. The van der Waals surface area contributed by atoms with Gasteiger partial charge < -0.3 is 34.6 Å². The first-order valence-electron chi connectivity index (χ1n) is 15.3. The average Bonchev–Trinajstić information content (AvgIpc) is 3.54. The molecule has 4 aromatic rings. The molecule has 12 heteroatoms. The Morgan fingerprint density at radius 2 is 1.83 bits per heavy atom. The molecule has 0 saturated carbocycles. The number of carbonyl (C=O) groups excluding carboxylic acids is 3. The summed E-state index contributed by atoms with van der Waals surface area (Å²) in [4.78, 5) is 53.9. The summed E-state index contributed by atoms with van der Waals surface area (Å²) < 4.78 is 7.95. The molecule has 3 aromatic heterocycles. The number of benzene rings is 1. The van der Waals surface area contributed by atoms with Crippen molar-refractivity contribution in [1.29, 1.82) is 0 Å². The normalized spacial score (nSPS) is 15.7. The highest BCUT2D eigenvalue weighted by atomic mass is 16.5. The number of nitrogens with one attached hydrogen (secondary N) is 2. The molecule has 1 saturated heterocycles. The Morgan fingerprint density at radius 3 is 2.57 bits per heavy atom. The van der Waals surface area contributed by atoms with Crippen LogP contribution in [0.1, 0.15) is 28.8 Å². The minimum absolute atomic E-state index is 0.00178. The number of ketones is 1. The number of likely N-dealkylation sites (N-methyl/N-ethyl adjacent to an activating group) is 2. The van der Waals surface area contributed by atoms with Crippen molar-refractivity contribution in [2.75, 3.05) is 62.9 Å². The number of nitrogens with zero attached hydrogens (tertiary/aromatic N) is 6. The molecule has 46 heavy (non-hydrogen) atoms.